The van der Waals surface area contributed by atoms with E-state index in [0.29, 0.717) is 43.2 Å². The van der Waals surface area contributed by atoms with Gasteiger partial charge in [0.25, 0.3) is 0 Å². The molecule has 0 saturated carbocycles. The Morgan fingerprint density at radius 2 is 1.78 bits per heavy atom. The SMILES string of the molecule is COc1ccc(CCN(Cc2cccs2)C(=O)CN(CC(C)C)C(=O)Nc2cccc(F)c2)cc1OC. The van der Waals surface area contributed by atoms with Crippen LogP contribution in [0.15, 0.2) is 60.0 Å². The van der Waals surface area contributed by atoms with Crippen molar-refractivity contribution in [1.29, 1.82) is 0 Å². The largest absolute Gasteiger partial charge is 0.493 e. The number of hydrogen-bond acceptors (Lipinski definition) is 5. The highest BCUT2D eigenvalue weighted by atomic mass is 32.1. The zero-order valence-electron chi connectivity index (χ0n) is 21.7. The Balaban J connectivity index is 1.74. The van der Waals surface area contributed by atoms with Crippen molar-refractivity contribution in [3.05, 3.63) is 76.2 Å². The van der Waals surface area contributed by atoms with Gasteiger partial charge in [0.1, 0.15) is 12.4 Å². The Morgan fingerprint density at radius 1 is 1.00 bits per heavy atom. The van der Waals surface area contributed by atoms with E-state index in [4.69, 9.17) is 9.47 Å². The Kier molecular flexibility index (Phi) is 10.3. The molecular weight excluding hydrogens is 493 g/mol. The zero-order chi connectivity index (χ0) is 26.8. The molecule has 0 aliphatic carbocycles. The van der Waals surface area contributed by atoms with E-state index in [1.165, 1.54) is 23.1 Å². The second-order valence-corrected chi connectivity index (χ2v) is 10.1. The van der Waals surface area contributed by atoms with Gasteiger partial charge in [-0.3, -0.25) is 4.79 Å². The van der Waals surface area contributed by atoms with Crippen LogP contribution in [0.1, 0.15) is 24.3 Å². The molecule has 0 spiro atoms. The molecule has 0 aliphatic rings. The van der Waals surface area contributed by atoms with Gasteiger partial charge in [0.05, 0.1) is 20.8 Å². The number of urea groups is 1. The molecule has 1 N–H and O–H groups in total. The minimum absolute atomic E-state index is 0.0867. The first-order valence-corrected chi connectivity index (χ1v) is 13.0. The van der Waals surface area contributed by atoms with E-state index < -0.39 is 11.8 Å². The highest BCUT2D eigenvalue weighted by Crippen LogP contribution is 2.28. The second kappa shape index (κ2) is 13.6. The van der Waals surface area contributed by atoms with Gasteiger partial charge >= 0.3 is 6.03 Å². The normalized spacial score (nSPS) is 10.8. The minimum atomic E-state index is -0.443. The zero-order valence-corrected chi connectivity index (χ0v) is 22.5. The van der Waals surface area contributed by atoms with E-state index in [9.17, 15) is 14.0 Å². The Labute approximate surface area is 221 Å². The van der Waals surface area contributed by atoms with Crippen LogP contribution >= 0.6 is 11.3 Å². The number of anilines is 1. The molecule has 0 radical (unpaired) electrons. The molecule has 0 fully saturated rings. The summed E-state index contributed by atoms with van der Waals surface area (Å²) in [6.07, 6.45) is 0.608. The predicted octanol–water partition coefficient (Wildman–Crippen LogP) is 5.67. The van der Waals surface area contributed by atoms with Gasteiger partial charge in [0.2, 0.25) is 5.91 Å². The van der Waals surface area contributed by atoms with Crippen molar-refractivity contribution >= 4 is 29.0 Å². The number of hydrogen-bond donors (Lipinski definition) is 1. The lowest BCUT2D eigenvalue weighted by atomic mass is 10.1. The van der Waals surface area contributed by atoms with E-state index in [0.717, 1.165) is 10.4 Å². The van der Waals surface area contributed by atoms with Gasteiger partial charge in [-0.2, -0.15) is 0 Å². The number of rotatable bonds is 12. The lowest BCUT2D eigenvalue weighted by Gasteiger charge is -2.29. The monoisotopic (exact) mass is 527 g/mol. The fraction of sp³-hybridized carbons (Fsp3) is 0.357. The Morgan fingerprint density at radius 3 is 2.43 bits per heavy atom. The molecular formula is C28H34FN3O4S. The third kappa shape index (κ3) is 8.49. The number of amides is 3. The van der Waals surface area contributed by atoms with Gasteiger partial charge in [-0.05, 0) is 59.7 Å². The third-order valence-corrected chi connectivity index (χ3v) is 6.53. The van der Waals surface area contributed by atoms with E-state index >= 15 is 0 Å². The maximum atomic E-state index is 13.6. The van der Waals surface area contributed by atoms with Gasteiger partial charge in [0.15, 0.2) is 11.5 Å². The molecule has 198 valence electrons. The topological polar surface area (TPSA) is 71.1 Å². The fourth-order valence-electron chi connectivity index (χ4n) is 3.87. The molecule has 0 saturated heterocycles. The van der Waals surface area contributed by atoms with Crippen molar-refractivity contribution in [3.8, 4) is 11.5 Å². The van der Waals surface area contributed by atoms with Gasteiger partial charge in [-0.15, -0.1) is 11.3 Å². The average Bonchev–Trinajstić information content (AvgIpc) is 3.38. The number of carbonyl (C=O) groups excluding carboxylic acids is 2. The van der Waals surface area contributed by atoms with E-state index in [1.807, 2.05) is 49.6 Å². The van der Waals surface area contributed by atoms with E-state index in [-0.39, 0.29) is 18.4 Å². The number of carbonyl (C=O) groups is 2. The maximum Gasteiger partial charge on any atom is 0.322 e. The lowest BCUT2D eigenvalue weighted by Crippen LogP contribution is -2.46. The molecule has 0 atom stereocenters. The van der Waals surface area contributed by atoms with Crippen molar-refractivity contribution < 1.29 is 23.5 Å². The number of benzene rings is 2. The molecule has 3 amide bonds. The first kappa shape index (κ1) is 28.0. The van der Waals surface area contributed by atoms with Crippen LogP contribution in [-0.2, 0) is 17.8 Å². The van der Waals surface area contributed by atoms with E-state index in [1.54, 1.807) is 36.5 Å². The number of methoxy groups -OCH3 is 2. The molecule has 0 bridgehead atoms. The van der Waals surface area contributed by atoms with Crippen molar-refractivity contribution in [3.63, 3.8) is 0 Å². The van der Waals surface area contributed by atoms with Crippen LogP contribution < -0.4 is 14.8 Å². The van der Waals surface area contributed by atoms with Crippen LogP contribution in [0.3, 0.4) is 0 Å². The third-order valence-electron chi connectivity index (χ3n) is 5.67. The summed E-state index contributed by atoms with van der Waals surface area (Å²) < 4.78 is 24.3. The van der Waals surface area contributed by atoms with Crippen molar-refractivity contribution in [2.45, 2.75) is 26.8 Å². The average molecular weight is 528 g/mol. The van der Waals surface area contributed by atoms with Crippen LogP contribution in [0.25, 0.3) is 0 Å². The van der Waals surface area contributed by atoms with Crippen LogP contribution in [0.5, 0.6) is 11.5 Å². The summed E-state index contributed by atoms with van der Waals surface area (Å²) in [7, 11) is 3.18. The molecule has 2 aromatic carbocycles. The second-order valence-electron chi connectivity index (χ2n) is 9.05. The summed E-state index contributed by atoms with van der Waals surface area (Å²) in [6.45, 7) is 5.17. The summed E-state index contributed by atoms with van der Waals surface area (Å²) in [6, 6.07) is 14.9. The number of thiophene rings is 1. The summed E-state index contributed by atoms with van der Waals surface area (Å²) in [5, 5.41) is 4.69. The molecule has 1 aromatic heterocycles. The first-order valence-electron chi connectivity index (χ1n) is 12.1. The molecule has 0 unspecified atom stereocenters. The first-order chi connectivity index (χ1) is 17.8. The number of nitrogens with one attached hydrogen (secondary N) is 1. The highest BCUT2D eigenvalue weighted by Gasteiger charge is 2.23. The van der Waals surface area contributed by atoms with Gasteiger partial charge < -0.3 is 24.6 Å². The molecule has 0 aliphatic heterocycles. The summed E-state index contributed by atoms with van der Waals surface area (Å²) in [4.78, 5) is 30.9. The molecule has 7 nitrogen and oxygen atoms in total. The smallest absolute Gasteiger partial charge is 0.322 e. The number of nitrogens with zero attached hydrogens (tertiary/aromatic N) is 2. The Bertz CT molecular complexity index is 1170. The highest BCUT2D eigenvalue weighted by molar-refractivity contribution is 7.09. The van der Waals surface area contributed by atoms with Crippen LogP contribution in [0.2, 0.25) is 0 Å². The fourth-order valence-corrected chi connectivity index (χ4v) is 4.59. The quantitative estimate of drug-likeness (QED) is 0.330. The number of halogens is 1. The molecule has 3 rings (SSSR count). The molecule has 3 aromatic rings. The van der Waals surface area contributed by atoms with Gasteiger partial charge in [0, 0.05) is 23.7 Å². The standard InChI is InChI=1S/C28H34FN3O4S/c1-20(2)17-32(28(34)30-23-8-5-7-22(29)16-23)19-27(33)31(18-24-9-6-14-37-24)13-12-21-10-11-25(35-3)26(15-21)36-4/h5-11,14-16,20H,12-13,17-19H2,1-4H3,(H,30,34). The molecule has 1 heterocycles. The van der Waals surface area contributed by atoms with Gasteiger partial charge in [-0.25, -0.2) is 9.18 Å². The lowest BCUT2D eigenvalue weighted by molar-refractivity contribution is -0.132. The van der Waals surface area contributed by atoms with Gasteiger partial charge in [-0.1, -0.05) is 32.0 Å². The Hall–Kier alpha value is -3.59. The van der Waals surface area contributed by atoms with Crippen molar-refractivity contribution in [2.24, 2.45) is 5.92 Å². The van der Waals surface area contributed by atoms with Crippen LogP contribution in [-0.4, -0.2) is 55.6 Å². The van der Waals surface area contributed by atoms with Crippen LogP contribution in [0.4, 0.5) is 14.9 Å². The van der Waals surface area contributed by atoms with E-state index in [2.05, 4.69) is 5.32 Å². The van der Waals surface area contributed by atoms with Crippen molar-refractivity contribution in [1.82, 2.24) is 9.80 Å². The molecule has 9 heteroatoms. The number of ether oxygens (including phenoxy) is 2. The minimum Gasteiger partial charge on any atom is -0.493 e. The predicted molar refractivity (Wildman–Crippen MR) is 145 cm³/mol. The maximum absolute atomic E-state index is 13.6. The molecule has 37 heavy (non-hydrogen) atoms. The van der Waals surface area contributed by atoms with Crippen LogP contribution in [0, 0.1) is 11.7 Å². The summed E-state index contributed by atoms with van der Waals surface area (Å²) >= 11 is 1.58. The van der Waals surface area contributed by atoms with Crippen molar-refractivity contribution in [2.75, 3.05) is 39.2 Å². The summed E-state index contributed by atoms with van der Waals surface area (Å²) in [5.41, 5.74) is 1.35. The summed E-state index contributed by atoms with van der Waals surface area (Å²) in [5.74, 6) is 0.814.